The van der Waals surface area contributed by atoms with Crippen LogP contribution in [0.1, 0.15) is 33.9 Å². The molecule has 0 saturated carbocycles. The first-order chi connectivity index (χ1) is 9.43. The molecule has 2 aromatic rings. The van der Waals surface area contributed by atoms with E-state index < -0.39 is 0 Å². The fourth-order valence-corrected chi connectivity index (χ4v) is 3.24. The van der Waals surface area contributed by atoms with Crippen LogP contribution in [0, 0.1) is 20.8 Å². The first kappa shape index (κ1) is 15.4. The van der Waals surface area contributed by atoms with Gasteiger partial charge in [0.25, 0.3) is 0 Å². The summed E-state index contributed by atoms with van der Waals surface area (Å²) in [5.74, 6) is 0. The van der Waals surface area contributed by atoms with Gasteiger partial charge in [-0.2, -0.15) is 0 Å². The molecular formula is C17H19Cl2N. The van der Waals surface area contributed by atoms with Crippen LogP contribution >= 0.6 is 23.2 Å². The number of rotatable bonds is 3. The van der Waals surface area contributed by atoms with Crippen molar-refractivity contribution in [3.63, 3.8) is 0 Å². The van der Waals surface area contributed by atoms with E-state index in [-0.39, 0.29) is 6.04 Å². The van der Waals surface area contributed by atoms with Gasteiger partial charge in [-0.3, -0.25) is 0 Å². The molecule has 1 atom stereocenters. The molecule has 0 aromatic heterocycles. The van der Waals surface area contributed by atoms with Crippen LogP contribution in [0.25, 0.3) is 0 Å². The maximum atomic E-state index is 6.36. The third-order valence-corrected chi connectivity index (χ3v) is 4.16. The van der Waals surface area contributed by atoms with Gasteiger partial charge in [0.1, 0.15) is 0 Å². The lowest BCUT2D eigenvalue weighted by Gasteiger charge is -2.23. The average Bonchev–Trinajstić information content (AvgIpc) is 2.37. The minimum absolute atomic E-state index is 0.0433. The first-order valence-electron chi connectivity index (χ1n) is 6.64. The largest absolute Gasteiger partial charge is 0.309 e. The van der Waals surface area contributed by atoms with E-state index in [9.17, 15) is 0 Å². The second-order valence-electron chi connectivity index (χ2n) is 5.20. The van der Waals surface area contributed by atoms with E-state index in [4.69, 9.17) is 23.2 Å². The topological polar surface area (TPSA) is 12.0 Å². The van der Waals surface area contributed by atoms with Crippen molar-refractivity contribution < 1.29 is 0 Å². The lowest BCUT2D eigenvalue weighted by Crippen LogP contribution is -2.20. The molecule has 0 aliphatic heterocycles. The molecule has 0 amide bonds. The van der Waals surface area contributed by atoms with Crippen LogP contribution in [0.3, 0.4) is 0 Å². The van der Waals surface area contributed by atoms with E-state index in [1.165, 1.54) is 22.3 Å². The standard InChI is InChI=1S/C17H19Cl2N/c1-10-7-11(2)16(12(3)8-10)17(20-4)14-9-13(18)5-6-15(14)19/h5-9,17,20H,1-4H3. The van der Waals surface area contributed by atoms with E-state index in [1.807, 2.05) is 25.2 Å². The Balaban J connectivity index is 2.61. The van der Waals surface area contributed by atoms with Crippen LogP contribution in [-0.4, -0.2) is 7.05 Å². The molecule has 0 aliphatic carbocycles. The van der Waals surface area contributed by atoms with Crippen molar-refractivity contribution in [3.8, 4) is 0 Å². The Morgan fingerprint density at radius 1 is 0.950 bits per heavy atom. The van der Waals surface area contributed by atoms with Gasteiger partial charge in [0.15, 0.2) is 0 Å². The predicted octanol–water partition coefficient (Wildman–Crippen LogP) is 5.23. The predicted molar refractivity (Wildman–Crippen MR) is 88.0 cm³/mol. The molecule has 3 heteroatoms. The molecule has 0 aliphatic rings. The molecule has 2 rings (SSSR count). The normalized spacial score (nSPS) is 12.5. The van der Waals surface area contributed by atoms with Crippen molar-refractivity contribution in [2.24, 2.45) is 0 Å². The molecule has 1 nitrogen and oxygen atoms in total. The van der Waals surface area contributed by atoms with Crippen LogP contribution in [0.4, 0.5) is 0 Å². The third-order valence-electron chi connectivity index (χ3n) is 3.58. The van der Waals surface area contributed by atoms with Gasteiger partial charge in [0.2, 0.25) is 0 Å². The summed E-state index contributed by atoms with van der Waals surface area (Å²) in [6, 6.07) is 10.0. The maximum absolute atomic E-state index is 6.36. The first-order valence-corrected chi connectivity index (χ1v) is 7.39. The Bertz CT molecular complexity index is 612. The lowest BCUT2D eigenvalue weighted by atomic mass is 9.90. The fourth-order valence-electron chi connectivity index (χ4n) is 2.84. The van der Waals surface area contributed by atoms with Crippen molar-refractivity contribution in [1.29, 1.82) is 0 Å². The molecule has 1 N–H and O–H groups in total. The molecule has 1 unspecified atom stereocenters. The van der Waals surface area contributed by atoms with Gasteiger partial charge in [-0.15, -0.1) is 0 Å². The summed E-state index contributed by atoms with van der Waals surface area (Å²) < 4.78 is 0. The highest BCUT2D eigenvalue weighted by Crippen LogP contribution is 2.34. The highest BCUT2D eigenvalue weighted by molar-refractivity contribution is 6.33. The van der Waals surface area contributed by atoms with Crippen molar-refractivity contribution >= 4 is 23.2 Å². The number of aryl methyl sites for hydroxylation is 3. The second-order valence-corrected chi connectivity index (χ2v) is 6.04. The molecule has 2 aromatic carbocycles. The highest BCUT2D eigenvalue weighted by Gasteiger charge is 2.19. The van der Waals surface area contributed by atoms with Crippen LogP contribution in [0.2, 0.25) is 10.0 Å². The Kier molecular flexibility index (Phi) is 4.74. The zero-order valence-corrected chi connectivity index (χ0v) is 13.7. The average molecular weight is 308 g/mol. The number of hydrogen-bond acceptors (Lipinski definition) is 1. The Hall–Kier alpha value is -1.02. The minimum atomic E-state index is 0.0433. The summed E-state index contributed by atoms with van der Waals surface area (Å²) in [6.07, 6.45) is 0. The van der Waals surface area contributed by atoms with Gasteiger partial charge in [0, 0.05) is 10.0 Å². The monoisotopic (exact) mass is 307 g/mol. The van der Waals surface area contributed by atoms with E-state index in [0.717, 1.165) is 10.6 Å². The van der Waals surface area contributed by atoms with Crippen LogP contribution in [-0.2, 0) is 0 Å². The summed E-state index contributed by atoms with van der Waals surface area (Å²) in [4.78, 5) is 0. The van der Waals surface area contributed by atoms with Gasteiger partial charge in [0.05, 0.1) is 6.04 Å². The van der Waals surface area contributed by atoms with Crippen LogP contribution < -0.4 is 5.32 Å². The zero-order valence-electron chi connectivity index (χ0n) is 12.2. The van der Waals surface area contributed by atoms with E-state index in [1.54, 1.807) is 0 Å². The molecule has 106 valence electrons. The van der Waals surface area contributed by atoms with Crippen molar-refractivity contribution in [2.75, 3.05) is 7.05 Å². The molecule has 0 bridgehead atoms. The van der Waals surface area contributed by atoms with Gasteiger partial charge in [-0.1, -0.05) is 40.9 Å². The molecular weight excluding hydrogens is 289 g/mol. The number of benzene rings is 2. The Morgan fingerprint density at radius 2 is 1.55 bits per heavy atom. The molecule has 0 fully saturated rings. The summed E-state index contributed by atoms with van der Waals surface area (Å²) >= 11 is 12.5. The third kappa shape index (κ3) is 3.01. The van der Waals surface area contributed by atoms with E-state index >= 15 is 0 Å². The Morgan fingerprint density at radius 3 is 2.10 bits per heavy atom. The van der Waals surface area contributed by atoms with Gasteiger partial charge in [-0.25, -0.2) is 0 Å². The SMILES string of the molecule is CNC(c1cc(Cl)ccc1Cl)c1c(C)cc(C)cc1C. The summed E-state index contributed by atoms with van der Waals surface area (Å²) in [5, 5.41) is 4.79. The Labute approximate surface area is 130 Å². The van der Waals surface area contributed by atoms with Crippen molar-refractivity contribution in [2.45, 2.75) is 26.8 Å². The maximum Gasteiger partial charge on any atom is 0.0594 e. The second kappa shape index (κ2) is 6.17. The number of hydrogen-bond donors (Lipinski definition) is 1. The highest BCUT2D eigenvalue weighted by atomic mass is 35.5. The number of halogens is 2. The molecule has 20 heavy (non-hydrogen) atoms. The minimum Gasteiger partial charge on any atom is -0.309 e. The van der Waals surface area contributed by atoms with Crippen molar-refractivity contribution in [1.82, 2.24) is 5.32 Å². The quantitative estimate of drug-likeness (QED) is 0.819. The van der Waals surface area contributed by atoms with Crippen molar-refractivity contribution in [3.05, 3.63) is 68.2 Å². The summed E-state index contributed by atoms with van der Waals surface area (Å²) in [7, 11) is 1.95. The van der Waals surface area contributed by atoms with Gasteiger partial charge < -0.3 is 5.32 Å². The van der Waals surface area contributed by atoms with Crippen LogP contribution in [0.15, 0.2) is 30.3 Å². The molecule has 0 radical (unpaired) electrons. The molecule has 0 spiro atoms. The van der Waals surface area contributed by atoms with Gasteiger partial charge >= 0.3 is 0 Å². The van der Waals surface area contributed by atoms with Gasteiger partial charge in [-0.05, 0) is 68.3 Å². The summed E-state index contributed by atoms with van der Waals surface area (Å²) in [5.41, 5.74) is 6.07. The fraction of sp³-hybridized carbons (Fsp3) is 0.294. The molecule has 0 heterocycles. The summed E-state index contributed by atoms with van der Waals surface area (Å²) in [6.45, 7) is 6.39. The zero-order chi connectivity index (χ0) is 14.9. The lowest BCUT2D eigenvalue weighted by molar-refractivity contribution is 0.683. The smallest absolute Gasteiger partial charge is 0.0594 e. The van der Waals surface area contributed by atoms with E-state index in [0.29, 0.717) is 5.02 Å². The molecule has 0 saturated heterocycles. The number of nitrogens with one attached hydrogen (secondary N) is 1. The van der Waals surface area contributed by atoms with E-state index in [2.05, 4.69) is 38.2 Å². The van der Waals surface area contributed by atoms with Crippen LogP contribution in [0.5, 0.6) is 0 Å².